The van der Waals surface area contributed by atoms with Crippen molar-refractivity contribution < 1.29 is 9.59 Å². The number of nitrogens with zero attached hydrogens (tertiary/aromatic N) is 1. The van der Waals surface area contributed by atoms with Gasteiger partial charge >= 0.3 is 0 Å². The summed E-state index contributed by atoms with van der Waals surface area (Å²) in [5, 5.41) is 3.27. The summed E-state index contributed by atoms with van der Waals surface area (Å²) in [7, 11) is 0. The molecule has 2 heterocycles. The van der Waals surface area contributed by atoms with Crippen molar-refractivity contribution in [1.82, 2.24) is 10.2 Å². The molecule has 2 rings (SSSR count). The predicted molar refractivity (Wildman–Crippen MR) is 51.5 cm³/mol. The molecule has 0 aromatic heterocycles. The van der Waals surface area contributed by atoms with E-state index in [0.29, 0.717) is 12.5 Å². The zero-order valence-electron chi connectivity index (χ0n) is 8.03. The first-order chi connectivity index (χ1) is 6.77. The molecule has 1 saturated heterocycles. The quantitative estimate of drug-likeness (QED) is 0.639. The van der Waals surface area contributed by atoms with Crippen LogP contribution >= 0.6 is 0 Å². The van der Waals surface area contributed by atoms with Crippen LogP contribution in [0.3, 0.4) is 0 Å². The Bertz CT molecular complexity index is 262. The van der Waals surface area contributed by atoms with Crippen LogP contribution < -0.4 is 5.32 Å². The van der Waals surface area contributed by atoms with Crippen molar-refractivity contribution in [3.8, 4) is 0 Å². The zero-order valence-corrected chi connectivity index (χ0v) is 8.03. The van der Waals surface area contributed by atoms with Crippen molar-refractivity contribution in [3.63, 3.8) is 0 Å². The van der Waals surface area contributed by atoms with Gasteiger partial charge in [0.25, 0.3) is 11.8 Å². The van der Waals surface area contributed by atoms with Gasteiger partial charge in [0.2, 0.25) is 0 Å². The Morgan fingerprint density at radius 1 is 1.36 bits per heavy atom. The first-order valence-corrected chi connectivity index (χ1v) is 5.01. The normalized spacial score (nSPS) is 26.6. The van der Waals surface area contributed by atoms with E-state index in [9.17, 15) is 9.59 Å². The number of carbonyl (C=O) groups excluding carboxylic acids is 2. The molecule has 0 radical (unpaired) electrons. The van der Waals surface area contributed by atoms with E-state index in [0.717, 1.165) is 25.9 Å². The number of hydrogen-bond acceptors (Lipinski definition) is 3. The predicted octanol–water partition coefficient (Wildman–Crippen LogP) is -0.0890. The van der Waals surface area contributed by atoms with Gasteiger partial charge in [-0.3, -0.25) is 14.5 Å². The SMILES string of the molecule is O=C1C=CC(=O)N1CCC1CCNC1. The van der Waals surface area contributed by atoms with E-state index in [2.05, 4.69) is 5.32 Å². The molecule has 1 fully saturated rings. The Labute approximate surface area is 83.0 Å². The molecule has 0 aliphatic carbocycles. The third-order valence-electron chi connectivity index (χ3n) is 2.82. The molecule has 76 valence electrons. The van der Waals surface area contributed by atoms with Gasteiger partial charge in [0.15, 0.2) is 0 Å². The van der Waals surface area contributed by atoms with Crippen LogP contribution in [0, 0.1) is 5.92 Å². The molecule has 0 bridgehead atoms. The van der Waals surface area contributed by atoms with Crippen molar-refractivity contribution in [2.75, 3.05) is 19.6 Å². The van der Waals surface area contributed by atoms with E-state index < -0.39 is 0 Å². The summed E-state index contributed by atoms with van der Waals surface area (Å²) >= 11 is 0. The largest absolute Gasteiger partial charge is 0.316 e. The van der Waals surface area contributed by atoms with Crippen molar-refractivity contribution in [3.05, 3.63) is 12.2 Å². The standard InChI is InChI=1S/C10H14N2O2/c13-9-1-2-10(14)12(9)6-4-8-3-5-11-7-8/h1-2,8,11H,3-7H2. The van der Waals surface area contributed by atoms with Gasteiger partial charge in [0.1, 0.15) is 0 Å². The fourth-order valence-corrected chi connectivity index (χ4v) is 1.92. The third-order valence-corrected chi connectivity index (χ3v) is 2.82. The minimum absolute atomic E-state index is 0.166. The molecule has 2 aliphatic heterocycles. The van der Waals surface area contributed by atoms with Gasteiger partial charge in [-0.2, -0.15) is 0 Å². The van der Waals surface area contributed by atoms with Crippen LogP contribution in [0.1, 0.15) is 12.8 Å². The fourth-order valence-electron chi connectivity index (χ4n) is 1.92. The van der Waals surface area contributed by atoms with E-state index >= 15 is 0 Å². The number of imide groups is 1. The molecule has 0 saturated carbocycles. The molecule has 0 aromatic rings. The molecular formula is C10H14N2O2. The maximum atomic E-state index is 11.2. The summed E-state index contributed by atoms with van der Waals surface area (Å²) in [6.07, 6.45) is 4.76. The van der Waals surface area contributed by atoms with Crippen LogP contribution in [0.15, 0.2) is 12.2 Å². The van der Waals surface area contributed by atoms with E-state index in [4.69, 9.17) is 0 Å². The first-order valence-electron chi connectivity index (χ1n) is 5.01. The Morgan fingerprint density at radius 2 is 2.07 bits per heavy atom. The van der Waals surface area contributed by atoms with Crippen LogP contribution in [-0.2, 0) is 9.59 Å². The lowest BCUT2D eigenvalue weighted by Crippen LogP contribution is -2.32. The van der Waals surface area contributed by atoms with Crippen LogP contribution in [-0.4, -0.2) is 36.3 Å². The summed E-state index contributed by atoms with van der Waals surface area (Å²) in [4.78, 5) is 23.7. The van der Waals surface area contributed by atoms with Gasteiger partial charge < -0.3 is 5.32 Å². The first kappa shape index (κ1) is 9.40. The summed E-state index contributed by atoms with van der Waals surface area (Å²) in [6.45, 7) is 2.64. The lowest BCUT2D eigenvalue weighted by atomic mass is 10.1. The van der Waals surface area contributed by atoms with E-state index in [1.807, 2.05) is 0 Å². The van der Waals surface area contributed by atoms with Crippen molar-refractivity contribution in [2.45, 2.75) is 12.8 Å². The zero-order chi connectivity index (χ0) is 9.97. The number of carbonyl (C=O) groups is 2. The summed E-state index contributed by atoms with van der Waals surface area (Å²) in [5.41, 5.74) is 0. The average Bonchev–Trinajstić information content (AvgIpc) is 2.76. The highest BCUT2D eigenvalue weighted by Crippen LogP contribution is 2.14. The van der Waals surface area contributed by atoms with Crippen LogP contribution in [0.4, 0.5) is 0 Å². The molecule has 14 heavy (non-hydrogen) atoms. The molecule has 2 aliphatic rings. The van der Waals surface area contributed by atoms with E-state index in [1.165, 1.54) is 17.1 Å². The second-order valence-electron chi connectivity index (χ2n) is 3.81. The number of hydrogen-bond donors (Lipinski definition) is 1. The average molecular weight is 194 g/mol. The van der Waals surface area contributed by atoms with Crippen molar-refractivity contribution in [2.24, 2.45) is 5.92 Å². The molecular weight excluding hydrogens is 180 g/mol. The van der Waals surface area contributed by atoms with Gasteiger partial charge in [-0.1, -0.05) is 0 Å². The minimum Gasteiger partial charge on any atom is -0.316 e. The molecule has 1 N–H and O–H groups in total. The Hall–Kier alpha value is -1.16. The third kappa shape index (κ3) is 1.85. The summed E-state index contributed by atoms with van der Waals surface area (Å²) < 4.78 is 0. The number of rotatable bonds is 3. The van der Waals surface area contributed by atoms with Gasteiger partial charge in [-0.05, 0) is 31.8 Å². The smallest absolute Gasteiger partial charge is 0.253 e. The second kappa shape index (κ2) is 3.92. The molecule has 0 spiro atoms. The molecule has 1 atom stereocenters. The monoisotopic (exact) mass is 194 g/mol. The number of amides is 2. The highest BCUT2D eigenvalue weighted by atomic mass is 16.2. The van der Waals surface area contributed by atoms with Gasteiger partial charge in [0, 0.05) is 18.7 Å². The maximum Gasteiger partial charge on any atom is 0.253 e. The number of nitrogens with one attached hydrogen (secondary N) is 1. The van der Waals surface area contributed by atoms with Gasteiger partial charge in [-0.25, -0.2) is 0 Å². The lowest BCUT2D eigenvalue weighted by Gasteiger charge is -2.15. The second-order valence-corrected chi connectivity index (χ2v) is 3.81. The van der Waals surface area contributed by atoms with Crippen molar-refractivity contribution in [1.29, 1.82) is 0 Å². The molecule has 4 heteroatoms. The molecule has 1 unspecified atom stereocenters. The lowest BCUT2D eigenvalue weighted by molar-refractivity contribution is -0.136. The molecule has 4 nitrogen and oxygen atoms in total. The summed E-state index contributed by atoms with van der Waals surface area (Å²) in [6, 6.07) is 0. The fraction of sp³-hybridized carbons (Fsp3) is 0.600. The Morgan fingerprint density at radius 3 is 2.64 bits per heavy atom. The van der Waals surface area contributed by atoms with Crippen molar-refractivity contribution >= 4 is 11.8 Å². The van der Waals surface area contributed by atoms with Crippen LogP contribution in [0.25, 0.3) is 0 Å². The summed E-state index contributed by atoms with van der Waals surface area (Å²) in [5.74, 6) is 0.290. The topological polar surface area (TPSA) is 49.4 Å². The van der Waals surface area contributed by atoms with Crippen LogP contribution in [0.2, 0.25) is 0 Å². The van der Waals surface area contributed by atoms with E-state index in [-0.39, 0.29) is 11.8 Å². The van der Waals surface area contributed by atoms with Crippen LogP contribution in [0.5, 0.6) is 0 Å². The van der Waals surface area contributed by atoms with E-state index in [1.54, 1.807) is 0 Å². The highest BCUT2D eigenvalue weighted by Gasteiger charge is 2.24. The molecule has 0 aromatic carbocycles. The highest BCUT2D eigenvalue weighted by molar-refractivity contribution is 6.12. The minimum atomic E-state index is -0.166. The van der Waals surface area contributed by atoms with Gasteiger partial charge in [-0.15, -0.1) is 0 Å². The van der Waals surface area contributed by atoms with Gasteiger partial charge in [0.05, 0.1) is 0 Å². The Kier molecular flexibility index (Phi) is 2.63. The Balaban J connectivity index is 1.80. The molecule has 2 amide bonds. The maximum absolute atomic E-state index is 11.2.